The summed E-state index contributed by atoms with van der Waals surface area (Å²) < 4.78 is 0. The molecule has 0 N–H and O–H groups in total. The molecule has 144 valence electrons. The van der Waals surface area contributed by atoms with Gasteiger partial charge in [-0.2, -0.15) is 13.5 Å². The summed E-state index contributed by atoms with van der Waals surface area (Å²) >= 11 is 0. The lowest BCUT2D eigenvalue weighted by Gasteiger charge is -2.27. The van der Waals surface area contributed by atoms with Crippen LogP contribution in [0.2, 0.25) is 0 Å². The van der Waals surface area contributed by atoms with Crippen LogP contribution in [0.5, 0.6) is 0 Å². The summed E-state index contributed by atoms with van der Waals surface area (Å²) in [6, 6.07) is 41.9. The Kier molecular flexibility index (Phi) is 7.09. The molecule has 0 radical (unpaired) electrons. The largest absolute Gasteiger partial charge is 0.197 e. The second-order valence-corrected chi connectivity index (χ2v) is 10.4. The van der Waals surface area contributed by atoms with Crippen LogP contribution in [0.15, 0.2) is 122 Å². The monoisotopic (exact) mass is 413 g/mol. The maximum Gasteiger partial charge on any atom is 0.116 e. The van der Waals surface area contributed by atoms with Crippen LogP contribution >= 0.6 is 20.8 Å². The lowest BCUT2D eigenvalue weighted by Crippen LogP contribution is -2.32. The summed E-state index contributed by atoms with van der Waals surface area (Å²) in [6.07, 6.45) is 2.90. The van der Waals surface area contributed by atoms with E-state index in [1.807, 2.05) is 6.08 Å². The van der Waals surface area contributed by atoms with Gasteiger partial charge in [0, 0.05) is 0 Å². The van der Waals surface area contributed by atoms with Crippen LogP contribution in [0, 0.1) is 0 Å². The zero-order valence-corrected chi connectivity index (χ0v) is 18.3. The van der Waals surface area contributed by atoms with Gasteiger partial charge < -0.3 is 0 Å². The van der Waals surface area contributed by atoms with Crippen molar-refractivity contribution in [3.63, 3.8) is 0 Å². The number of benzene rings is 4. The third-order valence-electron chi connectivity index (χ3n) is 5.23. The Hall–Kier alpha value is -2.60. The fraction of sp³-hybridized carbons (Fsp3) is 0.0370. The Morgan fingerprint density at radius 3 is 1.28 bits per heavy atom. The molecule has 0 fully saturated rings. The number of hydrogen-bond acceptors (Lipinski definition) is 0. The number of rotatable bonds is 6. The summed E-state index contributed by atoms with van der Waals surface area (Å²) in [4.78, 5) is 0. The van der Waals surface area contributed by atoms with Crippen LogP contribution in [0.25, 0.3) is 6.08 Å². The second kappa shape index (κ2) is 9.74. The second-order valence-electron chi connectivity index (χ2n) is 6.92. The molecular formula is C27H26PS+. The van der Waals surface area contributed by atoms with Gasteiger partial charge in [0.05, 0.1) is 6.16 Å². The first-order chi connectivity index (χ1) is 13.8. The Bertz CT molecular complexity index is 929. The molecule has 0 heterocycles. The highest BCUT2D eigenvalue weighted by Crippen LogP contribution is 2.58. The first-order valence-corrected chi connectivity index (χ1v) is 11.6. The minimum atomic E-state index is -1.82. The van der Waals surface area contributed by atoms with Crippen LogP contribution in [-0.2, 0) is 6.16 Å². The third kappa shape index (κ3) is 4.37. The van der Waals surface area contributed by atoms with Crippen molar-refractivity contribution in [2.24, 2.45) is 0 Å². The molecule has 0 spiro atoms. The Balaban J connectivity index is 0.00000240. The summed E-state index contributed by atoms with van der Waals surface area (Å²) in [7, 11) is -1.82. The van der Waals surface area contributed by atoms with E-state index < -0.39 is 7.26 Å². The van der Waals surface area contributed by atoms with Gasteiger partial charge in [-0.25, -0.2) is 0 Å². The van der Waals surface area contributed by atoms with Crippen LogP contribution in [0.4, 0.5) is 0 Å². The minimum Gasteiger partial charge on any atom is -0.197 e. The van der Waals surface area contributed by atoms with Crippen LogP contribution in [0.1, 0.15) is 11.1 Å². The zero-order valence-electron chi connectivity index (χ0n) is 16.4. The van der Waals surface area contributed by atoms with Crippen molar-refractivity contribution in [1.82, 2.24) is 0 Å². The fourth-order valence-electron chi connectivity index (χ4n) is 3.80. The van der Waals surface area contributed by atoms with Gasteiger partial charge in [-0.05, 0) is 47.5 Å². The van der Waals surface area contributed by atoms with Gasteiger partial charge >= 0.3 is 0 Å². The molecule has 0 unspecified atom stereocenters. The average Bonchev–Trinajstić information content (AvgIpc) is 2.80. The summed E-state index contributed by atoms with van der Waals surface area (Å²) in [5.41, 5.74) is 2.52. The summed E-state index contributed by atoms with van der Waals surface area (Å²) in [5, 5.41) is 4.25. The smallest absolute Gasteiger partial charge is 0.116 e. The normalized spacial score (nSPS) is 10.8. The van der Waals surface area contributed by atoms with Gasteiger partial charge in [0.2, 0.25) is 0 Å². The van der Waals surface area contributed by atoms with Crippen molar-refractivity contribution in [3.05, 3.63) is 133 Å². The maximum absolute atomic E-state index is 3.88. The molecular weight excluding hydrogens is 387 g/mol. The van der Waals surface area contributed by atoms with E-state index in [0.29, 0.717) is 0 Å². The highest BCUT2D eigenvalue weighted by molar-refractivity contribution is 7.95. The van der Waals surface area contributed by atoms with Gasteiger partial charge in [-0.1, -0.05) is 91.5 Å². The lowest BCUT2D eigenvalue weighted by atomic mass is 10.1. The van der Waals surface area contributed by atoms with Crippen molar-refractivity contribution in [1.29, 1.82) is 0 Å². The number of hydrogen-bond donors (Lipinski definition) is 0. The molecule has 0 amide bonds. The Morgan fingerprint density at radius 1 is 0.552 bits per heavy atom. The van der Waals surface area contributed by atoms with Gasteiger partial charge in [0.1, 0.15) is 23.2 Å². The molecule has 0 saturated carbocycles. The predicted molar refractivity (Wildman–Crippen MR) is 136 cm³/mol. The molecule has 4 aromatic rings. The molecule has 0 saturated heterocycles. The van der Waals surface area contributed by atoms with Crippen LogP contribution in [0.3, 0.4) is 0 Å². The van der Waals surface area contributed by atoms with Crippen molar-refractivity contribution in [2.45, 2.75) is 6.16 Å². The Morgan fingerprint density at radius 2 is 0.931 bits per heavy atom. The fourth-order valence-corrected chi connectivity index (χ4v) is 8.05. The standard InChI is InChI=1S/C27H24P.H2S/c1-2-23-18-20-24(21-19-23)22-28(25-12-6-3-7-13-25,26-14-8-4-9-15-26)27-16-10-5-11-17-27;/h2-21H,1,22H2;1H2/q+1;. The average molecular weight is 414 g/mol. The first-order valence-electron chi connectivity index (χ1n) is 9.59. The topological polar surface area (TPSA) is 0 Å². The van der Waals surface area contributed by atoms with E-state index in [0.717, 1.165) is 11.7 Å². The molecule has 0 atom stereocenters. The third-order valence-corrected chi connectivity index (χ3v) is 9.60. The summed E-state index contributed by atoms with van der Waals surface area (Å²) in [5.74, 6) is 0. The Labute approximate surface area is 181 Å². The molecule has 0 aliphatic heterocycles. The van der Waals surface area contributed by atoms with Crippen molar-refractivity contribution < 1.29 is 0 Å². The SMILES string of the molecule is C=Cc1ccc(C[P+](c2ccccc2)(c2ccccc2)c2ccccc2)cc1.S. The molecule has 0 bridgehead atoms. The molecule has 0 nitrogen and oxygen atoms in total. The molecule has 29 heavy (non-hydrogen) atoms. The molecule has 4 rings (SSSR count). The van der Waals surface area contributed by atoms with Gasteiger partial charge in [0.15, 0.2) is 0 Å². The zero-order chi connectivity index (χ0) is 19.2. The van der Waals surface area contributed by atoms with Crippen molar-refractivity contribution in [2.75, 3.05) is 0 Å². The minimum absolute atomic E-state index is 0. The highest BCUT2D eigenvalue weighted by Gasteiger charge is 2.45. The van der Waals surface area contributed by atoms with E-state index in [1.165, 1.54) is 21.5 Å². The molecule has 0 aromatic heterocycles. The van der Waals surface area contributed by atoms with E-state index in [-0.39, 0.29) is 13.5 Å². The van der Waals surface area contributed by atoms with E-state index in [9.17, 15) is 0 Å². The van der Waals surface area contributed by atoms with Gasteiger partial charge in [0.25, 0.3) is 0 Å². The van der Waals surface area contributed by atoms with Crippen LogP contribution in [-0.4, -0.2) is 0 Å². The lowest BCUT2D eigenvalue weighted by molar-refractivity contribution is 1.38. The molecule has 0 aliphatic rings. The maximum atomic E-state index is 3.88. The molecule has 2 heteroatoms. The highest BCUT2D eigenvalue weighted by atomic mass is 32.1. The van der Waals surface area contributed by atoms with Crippen LogP contribution < -0.4 is 15.9 Å². The predicted octanol–water partition coefficient (Wildman–Crippen LogP) is 5.94. The molecule has 0 aliphatic carbocycles. The van der Waals surface area contributed by atoms with E-state index in [4.69, 9.17) is 0 Å². The molecule has 4 aromatic carbocycles. The van der Waals surface area contributed by atoms with Crippen molar-refractivity contribution in [3.8, 4) is 0 Å². The van der Waals surface area contributed by atoms with Gasteiger partial charge in [-0.15, -0.1) is 0 Å². The summed E-state index contributed by atoms with van der Waals surface area (Å²) in [6.45, 7) is 3.88. The van der Waals surface area contributed by atoms with Crippen molar-refractivity contribution >= 4 is 42.7 Å². The van der Waals surface area contributed by atoms with E-state index in [2.05, 4.69) is 122 Å². The van der Waals surface area contributed by atoms with E-state index in [1.54, 1.807) is 0 Å². The van der Waals surface area contributed by atoms with Gasteiger partial charge in [-0.3, -0.25) is 0 Å². The quantitative estimate of drug-likeness (QED) is 0.343. The van der Waals surface area contributed by atoms with E-state index >= 15 is 0 Å². The first kappa shape index (κ1) is 21.1.